The van der Waals surface area contributed by atoms with Crippen molar-refractivity contribution in [2.24, 2.45) is 0 Å². The molecule has 0 aromatic heterocycles. The Hall–Kier alpha value is -2.24. The third-order valence-electron chi connectivity index (χ3n) is 2.41. The van der Waals surface area contributed by atoms with Gasteiger partial charge in [0.1, 0.15) is 0 Å². The summed E-state index contributed by atoms with van der Waals surface area (Å²) in [7, 11) is 0. The van der Waals surface area contributed by atoms with Crippen molar-refractivity contribution in [1.82, 2.24) is 10.6 Å². The molecule has 0 saturated carbocycles. The highest BCUT2D eigenvalue weighted by Crippen LogP contribution is 2.29. The summed E-state index contributed by atoms with van der Waals surface area (Å²) in [6, 6.07) is 4.24. The van der Waals surface area contributed by atoms with Crippen molar-refractivity contribution in [3.8, 4) is 11.5 Å². The van der Waals surface area contributed by atoms with Gasteiger partial charge < -0.3 is 20.5 Å². The maximum Gasteiger partial charge on any atom is 0.315 e. The van der Waals surface area contributed by atoms with Gasteiger partial charge in [0.25, 0.3) is 0 Å². The van der Waals surface area contributed by atoms with Gasteiger partial charge in [-0.2, -0.15) is 0 Å². The predicted molar refractivity (Wildman–Crippen MR) is 58.7 cm³/mol. The molecule has 1 aliphatic heterocycles. The van der Waals surface area contributed by atoms with Crippen LogP contribution in [0.1, 0.15) is 18.5 Å². The lowest BCUT2D eigenvalue weighted by atomic mass is 10.1. The molecule has 17 heavy (non-hydrogen) atoms. The third-order valence-corrected chi connectivity index (χ3v) is 2.41. The normalized spacial score (nSPS) is 18.4. The molecule has 2 amide bonds. The molecule has 0 radical (unpaired) electrons. The van der Waals surface area contributed by atoms with E-state index in [9.17, 15) is 14.7 Å². The standard InChI is InChI=1S/C11H12N2O4/c1-6(14)17-10-3-2-7(4-9(10)15)8-5-12-11(16)13-8/h2-4,8,15H,5H2,1H3,(H2,12,13,16)/t8-/m1/s1. The van der Waals surface area contributed by atoms with Crippen LogP contribution in [0.5, 0.6) is 11.5 Å². The Morgan fingerprint density at radius 2 is 2.29 bits per heavy atom. The summed E-state index contributed by atoms with van der Waals surface area (Å²) in [6.45, 7) is 1.72. The van der Waals surface area contributed by atoms with E-state index >= 15 is 0 Å². The predicted octanol–water partition coefficient (Wildman–Crippen LogP) is 0.671. The second-order valence-electron chi connectivity index (χ2n) is 3.73. The average molecular weight is 236 g/mol. The highest BCUT2D eigenvalue weighted by Gasteiger charge is 2.22. The Morgan fingerprint density at radius 3 is 2.82 bits per heavy atom. The average Bonchev–Trinajstić information content (AvgIpc) is 2.67. The minimum Gasteiger partial charge on any atom is -0.504 e. The molecule has 90 valence electrons. The van der Waals surface area contributed by atoms with Crippen LogP contribution in [0.15, 0.2) is 18.2 Å². The molecule has 0 unspecified atom stereocenters. The monoisotopic (exact) mass is 236 g/mol. The van der Waals surface area contributed by atoms with Crippen LogP contribution in [0.25, 0.3) is 0 Å². The van der Waals surface area contributed by atoms with Crippen molar-refractivity contribution in [3.05, 3.63) is 23.8 Å². The number of rotatable bonds is 2. The van der Waals surface area contributed by atoms with Crippen LogP contribution in [0.2, 0.25) is 0 Å². The molecule has 0 bridgehead atoms. The second-order valence-corrected chi connectivity index (χ2v) is 3.73. The first-order valence-corrected chi connectivity index (χ1v) is 5.12. The third kappa shape index (κ3) is 2.47. The van der Waals surface area contributed by atoms with Gasteiger partial charge in [-0.3, -0.25) is 4.79 Å². The second kappa shape index (κ2) is 4.32. The molecule has 3 N–H and O–H groups in total. The zero-order chi connectivity index (χ0) is 12.4. The number of urea groups is 1. The van der Waals surface area contributed by atoms with Gasteiger partial charge in [0.2, 0.25) is 0 Å². The molecule has 1 aromatic carbocycles. The fourth-order valence-corrected chi connectivity index (χ4v) is 1.65. The van der Waals surface area contributed by atoms with Crippen molar-refractivity contribution in [2.45, 2.75) is 13.0 Å². The number of hydrogen-bond donors (Lipinski definition) is 3. The van der Waals surface area contributed by atoms with Crippen molar-refractivity contribution in [1.29, 1.82) is 0 Å². The van der Waals surface area contributed by atoms with Gasteiger partial charge in [0.05, 0.1) is 6.04 Å². The van der Waals surface area contributed by atoms with Gasteiger partial charge in [-0.25, -0.2) is 4.79 Å². The molecule has 1 aromatic rings. The maximum atomic E-state index is 11.0. The summed E-state index contributed by atoms with van der Waals surface area (Å²) in [4.78, 5) is 21.7. The molecule has 1 fully saturated rings. The molecule has 2 rings (SSSR count). The van der Waals surface area contributed by atoms with E-state index in [0.717, 1.165) is 5.56 Å². The van der Waals surface area contributed by atoms with E-state index in [4.69, 9.17) is 4.74 Å². The van der Waals surface area contributed by atoms with Gasteiger partial charge in [-0.1, -0.05) is 6.07 Å². The number of carbonyl (C=O) groups is 2. The molecule has 6 heteroatoms. The van der Waals surface area contributed by atoms with Crippen LogP contribution in [0.3, 0.4) is 0 Å². The quantitative estimate of drug-likeness (QED) is 0.520. The first-order valence-electron chi connectivity index (χ1n) is 5.12. The summed E-state index contributed by atoms with van der Waals surface area (Å²) >= 11 is 0. The minimum absolute atomic E-state index is 0.110. The Morgan fingerprint density at radius 1 is 1.53 bits per heavy atom. The smallest absolute Gasteiger partial charge is 0.315 e. The molecule has 1 aliphatic rings. The lowest BCUT2D eigenvalue weighted by Crippen LogP contribution is -2.21. The fraction of sp³-hybridized carbons (Fsp3) is 0.273. The van der Waals surface area contributed by atoms with Crippen LogP contribution >= 0.6 is 0 Å². The van der Waals surface area contributed by atoms with Crippen molar-refractivity contribution in [2.75, 3.05) is 6.54 Å². The lowest BCUT2D eigenvalue weighted by Gasteiger charge is -2.11. The Balaban J connectivity index is 2.18. The maximum absolute atomic E-state index is 11.0. The zero-order valence-corrected chi connectivity index (χ0v) is 9.19. The van der Waals surface area contributed by atoms with Crippen molar-refractivity contribution in [3.63, 3.8) is 0 Å². The van der Waals surface area contributed by atoms with Crippen molar-refractivity contribution >= 4 is 12.0 Å². The Bertz CT molecular complexity index is 473. The van der Waals surface area contributed by atoms with Gasteiger partial charge >= 0.3 is 12.0 Å². The number of benzene rings is 1. The molecule has 1 atom stereocenters. The van der Waals surface area contributed by atoms with E-state index in [1.54, 1.807) is 6.07 Å². The Kier molecular flexibility index (Phi) is 2.86. The molecule has 6 nitrogen and oxygen atoms in total. The molecular formula is C11H12N2O4. The number of phenolic OH excluding ortho intramolecular Hbond substituents is 1. The fourth-order valence-electron chi connectivity index (χ4n) is 1.65. The molecular weight excluding hydrogens is 224 g/mol. The highest BCUT2D eigenvalue weighted by molar-refractivity contribution is 5.77. The highest BCUT2D eigenvalue weighted by atomic mass is 16.5. The number of ether oxygens (including phenoxy) is 1. The van der Waals surface area contributed by atoms with Crippen LogP contribution < -0.4 is 15.4 Å². The zero-order valence-electron chi connectivity index (χ0n) is 9.19. The molecule has 0 spiro atoms. The first-order chi connectivity index (χ1) is 8.06. The molecule has 1 saturated heterocycles. The lowest BCUT2D eigenvalue weighted by molar-refractivity contribution is -0.132. The summed E-state index contributed by atoms with van der Waals surface area (Å²) in [6.07, 6.45) is 0. The van der Waals surface area contributed by atoms with E-state index in [1.807, 2.05) is 0 Å². The van der Waals surface area contributed by atoms with Gasteiger partial charge in [0.15, 0.2) is 11.5 Å². The van der Waals surface area contributed by atoms with Gasteiger partial charge in [-0.15, -0.1) is 0 Å². The summed E-state index contributed by atoms with van der Waals surface area (Å²) in [5, 5.41) is 15.0. The minimum atomic E-state index is -0.496. The van der Waals surface area contributed by atoms with E-state index in [-0.39, 0.29) is 23.6 Å². The molecule has 1 heterocycles. The van der Waals surface area contributed by atoms with Crippen molar-refractivity contribution < 1.29 is 19.4 Å². The summed E-state index contributed by atoms with van der Waals surface area (Å²) in [5.41, 5.74) is 0.747. The SMILES string of the molecule is CC(=O)Oc1ccc([C@H]2CNC(=O)N2)cc1O. The first kappa shape index (κ1) is 11.3. The number of hydrogen-bond acceptors (Lipinski definition) is 4. The van der Waals surface area contributed by atoms with E-state index in [0.29, 0.717) is 6.54 Å². The molecule has 0 aliphatic carbocycles. The number of carbonyl (C=O) groups excluding carboxylic acids is 2. The Labute approximate surface area is 97.6 Å². The topological polar surface area (TPSA) is 87.7 Å². The number of esters is 1. The number of amides is 2. The van der Waals surface area contributed by atoms with Crippen LogP contribution in [0.4, 0.5) is 4.79 Å². The van der Waals surface area contributed by atoms with Crippen LogP contribution in [0, 0.1) is 0 Å². The van der Waals surface area contributed by atoms with Gasteiger partial charge in [0, 0.05) is 13.5 Å². The number of phenols is 1. The summed E-state index contributed by atoms with van der Waals surface area (Å²) < 4.78 is 4.79. The number of aromatic hydroxyl groups is 1. The van der Waals surface area contributed by atoms with Crippen LogP contribution in [-0.2, 0) is 4.79 Å². The number of nitrogens with one attached hydrogen (secondary N) is 2. The van der Waals surface area contributed by atoms with E-state index in [1.165, 1.54) is 19.1 Å². The van der Waals surface area contributed by atoms with E-state index < -0.39 is 5.97 Å². The van der Waals surface area contributed by atoms with Gasteiger partial charge in [-0.05, 0) is 17.7 Å². The van der Waals surface area contributed by atoms with Crippen LogP contribution in [-0.4, -0.2) is 23.7 Å². The largest absolute Gasteiger partial charge is 0.504 e. The summed E-state index contributed by atoms with van der Waals surface area (Å²) in [5.74, 6) is -0.513. The van der Waals surface area contributed by atoms with E-state index in [2.05, 4.69) is 10.6 Å².